The van der Waals surface area contributed by atoms with E-state index in [0.717, 1.165) is 11.8 Å². The van der Waals surface area contributed by atoms with E-state index in [-0.39, 0.29) is 6.67 Å². The Morgan fingerprint density at radius 3 is 2.40 bits per heavy atom. The molecule has 2 fully saturated rings. The maximum Gasteiger partial charge on any atom is 0.0927 e. The molecule has 1 heteroatoms. The van der Waals surface area contributed by atoms with E-state index in [9.17, 15) is 4.39 Å². The quantitative estimate of drug-likeness (QED) is 0.528. The molecule has 2 bridgehead atoms. The molecule has 0 aliphatic heterocycles. The molecule has 0 aromatic carbocycles. The lowest BCUT2D eigenvalue weighted by molar-refractivity contribution is 0.193. The van der Waals surface area contributed by atoms with Crippen LogP contribution in [0, 0.1) is 23.7 Å². The van der Waals surface area contributed by atoms with Crippen LogP contribution in [0.5, 0.6) is 0 Å². The van der Waals surface area contributed by atoms with Crippen molar-refractivity contribution in [2.75, 3.05) is 6.67 Å². The smallest absolute Gasteiger partial charge is 0.0927 e. The summed E-state index contributed by atoms with van der Waals surface area (Å²) in [4.78, 5) is 0. The standard InChI is InChI=1S/C9H15F/c1-6-7-2-3-8(4-7)9(6)5-10/h6-9H,2-5H2,1H3/t6?,7-,8+,9?/m0/s1. The summed E-state index contributed by atoms with van der Waals surface area (Å²) in [5, 5.41) is 0. The third-order valence-electron chi connectivity index (χ3n) is 3.72. The third-order valence-corrected chi connectivity index (χ3v) is 3.72. The van der Waals surface area contributed by atoms with Gasteiger partial charge in [0.2, 0.25) is 0 Å². The summed E-state index contributed by atoms with van der Waals surface area (Å²) in [5.74, 6) is 2.75. The summed E-state index contributed by atoms with van der Waals surface area (Å²) in [6.07, 6.45) is 4.02. The Kier molecular flexibility index (Phi) is 1.47. The van der Waals surface area contributed by atoms with Crippen LogP contribution >= 0.6 is 0 Å². The number of alkyl halides is 1. The van der Waals surface area contributed by atoms with Crippen LogP contribution in [0.3, 0.4) is 0 Å². The summed E-state index contributed by atoms with van der Waals surface area (Å²) in [6, 6.07) is 0. The molecule has 0 aromatic heterocycles. The van der Waals surface area contributed by atoms with E-state index >= 15 is 0 Å². The molecule has 0 radical (unpaired) electrons. The summed E-state index contributed by atoms with van der Waals surface area (Å²) in [7, 11) is 0. The molecule has 2 aliphatic rings. The zero-order chi connectivity index (χ0) is 7.14. The van der Waals surface area contributed by atoms with Crippen molar-refractivity contribution in [1.82, 2.24) is 0 Å². The molecule has 0 heterocycles. The Morgan fingerprint density at radius 2 is 2.00 bits per heavy atom. The molecule has 58 valence electrons. The molecular formula is C9H15F. The Labute approximate surface area is 61.8 Å². The maximum atomic E-state index is 12.4. The SMILES string of the molecule is CC1C(CF)[C@@H]2CC[C@H]1C2. The molecule has 2 aliphatic carbocycles. The second-order valence-corrected chi connectivity index (χ2v) is 4.01. The molecular weight excluding hydrogens is 127 g/mol. The van der Waals surface area contributed by atoms with Crippen molar-refractivity contribution < 1.29 is 4.39 Å². The van der Waals surface area contributed by atoms with E-state index in [1.807, 2.05) is 0 Å². The number of fused-ring (bicyclic) bond motifs is 2. The lowest BCUT2D eigenvalue weighted by atomic mass is 9.81. The number of halogens is 1. The first-order chi connectivity index (χ1) is 4.83. The molecule has 10 heavy (non-hydrogen) atoms. The Morgan fingerprint density at radius 1 is 1.30 bits per heavy atom. The minimum atomic E-state index is -0.0671. The van der Waals surface area contributed by atoms with Gasteiger partial charge in [0, 0.05) is 0 Å². The van der Waals surface area contributed by atoms with Crippen LogP contribution in [0.25, 0.3) is 0 Å². The number of rotatable bonds is 1. The molecule has 4 atom stereocenters. The van der Waals surface area contributed by atoms with Crippen LogP contribution in [-0.4, -0.2) is 6.67 Å². The maximum absolute atomic E-state index is 12.4. The Bertz CT molecular complexity index is 131. The lowest BCUT2D eigenvalue weighted by Crippen LogP contribution is -2.21. The highest BCUT2D eigenvalue weighted by Crippen LogP contribution is 2.51. The fourth-order valence-electron chi connectivity index (χ4n) is 2.96. The summed E-state index contributed by atoms with van der Waals surface area (Å²) < 4.78 is 12.4. The minimum absolute atomic E-state index is 0.0671. The van der Waals surface area contributed by atoms with E-state index < -0.39 is 0 Å². The zero-order valence-electron chi connectivity index (χ0n) is 6.52. The van der Waals surface area contributed by atoms with Gasteiger partial charge in [0.25, 0.3) is 0 Å². The van der Waals surface area contributed by atoms with Crippen LogP contribution in [0.2, 0.25) is 0 Å². The monoisotopic (exact) mass is 142 g/mol. The van der Waals surface area contributed by atoms with Gasteiger partial charge in [0.1, 0.15) is 0 Å². The van der Waals surface area contributed by atoms with Gasteiger partial charge in [-0.05, 0) is 42.9 Å². The van der Waals surface area contributed by atoms with E-state index in [2.05, 4.69) is 6.92 Å². The van der Waals surface area contributed by atoms with Gasteiger partial charge in [-0.25, -0.2) is 0 Å². The lowest BCUT2D eigenvalue weighted by Gasteiger charge is -2.25. The van der Waals surface area contributed by atoms with Crippen molar-refractivity contribution in [3.63, 3.8) is 0 Å². The fourth-order valence-corrected chi connectivity index (χ4v) is 2.96. The highest BCUT2D eigenvalue weighted by Gasteiger charge is 2.44. The van der Waals surface area contributed by atoms with Crippen molar-refractivity contribution in [2.24, 2.45) is 23.7 Å². The fraction of sp³-hybridized carbons (Fsp3) is 1.00. The minimum Gasteiger partial charge on any atom is -0.251 e. The normalized spacial score (nSPS) is 52.2. The average molecular weight is 142 g/mol. The van der Waals surface area contributed by atoms with Crippen LogP contribution in [0.4, 0.5) is 4.39 Å². The van der Waals surface area contributed by atoms with Gasteiger partial charge in [0.05, 0.1) is 6.67 Å². The number of hydrogen-bond acceptors (Lipinski definition) is 0. The average Bonchev–Trinajstić information content (AvgIpc) is 2.46. The second kappa shape index (κ2) is 2.21. The molecule has 2 saturated carbocycles. The molecule has 0 aromatic rings. The van der Waals surface area contributed by atoms with E-state index in [1.54, 1.807) is 0 Å². The highest BCUT2D eigenvalue weighted by molar-refractivity contribution is 4.94. The van der Waals surface area contributed by atoms with Crippen molar-refractivity contribution in [2.45, 2.75) is 26.2 Å². The molecule has 0 spiro atoms. The predicted molar refractivity (Wildman–Crippen MR) is 39.5 cm³/mol. The molecule has 0 amide bonds. The Balaban J connectivity index is 2.10. The highest BCUT2D eigenvalue weighted by atomic mass is 19.1. The van der Waals surface area contributed by atoms with Crippen LogP contribution in [-0.2, 0) is 0 Å². The van der Waals surface area contributed by atoms with Crippen molar-refractivity contribution >= 4 is 0 Å². The summed E-state index contributed by atoms with van der Waals surface area (Å²) in [6.45, 7) is 2.16. The van der Waals surface area contributed by atoms with Gasteiger partial charge < -0.3 is 0 Å². The third kappa shape index (κ3) is 0.724. The largest absolute Gasteiger partial charge is 0.251 e. The zero-order valence-corrected chi connectivity index (χ0v) is 6.52. The van der Waals surface area contributed by atoms with Gasteiger partial charge in [-0.2, -0.15) is 0 Å². The molecule has 0 N–H and O–H groups in total. The van der Waals surface area contributed by atoms with Crippen LogP contribution < -0.4 is 0 Å². The van der Waals surface area contributed by atoms with Crippen molar-refractivity contribution in [3.05, 3.63) is 0 Å². The van der Waals surface area contributed by atoms with Gasteiger partial charge in [-0.1, -0.05) is 6.92 Å². The molecule has 2 unspecified atom stereocenters. The van der Waals surface area contributed by atoms with Gasteiger partial charge in [-0.3, -0.25) is 4.39 Å². The van der Waals surface area contributed by atoms with Crippen molar-refractivity contribution in [3.8, 4) is 0 Å². The van der Waals surface area contributed by atoms with Gasteiger partial charge >= 0.3 is 0 Å². The first kappa shape index (κ1) is 6.63. The van der Waals surface area contributed by atoms with Gasteiger partial charge in [-0.15, -0.1) is 0 Å². The van der Waals surface area contributed by atoms with Crippen molar-refractivity contribution in [1.29, 1.82) is 0 Å². The van der Waals surface area contributed by atoms with Gasteiger partial charge in [0.15, 0.2) is 0 Å². The first-order valence-corrected chi connectivity index (χ1v) is 4.39. The van der Waals surface area contributed by atoms with Crippen LogP contribution in [0.1, 0.15) is 26.2 Å². The van der Waals surface area contributed by atoms with E-state index in [0.29, 0.717) is 11.8 Å². The van der Waals surface area contributed by atoms with E-state index in [1.165, 1.54) is 19.3 Å². The van der Waals surface area contributed by atoms with E-state index in [4.69, 9.17) is 0 Å². The summed E-state index contributed by atoms with van der Waals surface area (Å²) in [5.41, 5.74) is 0. The Hall–Kier alpha value is -0.0700. The summed E-state index contributed by atoms with van der Waals surface area (Å²) >= 11 is 0. The number of hydrogen-bond donors (Lipinski definition) is 0. The first-order valence-electron chi connectivity index (χ1n) is 4.39. The second-order valence-electron chi connectivity index (χ2n) is 4.01. The topological polar surface area (TPSA) is 0 Å². The molecule has 0 nitrogen and oxygen atoms in total. The molecule has 2 rings (SSSR count). The molecule has 0 saturated heterocycles. The predicted octanol–water partition coefficient (Wildman–Crippen LogP) is 2.64. The van der Waals surface area contributed by atoms with Crippen LogP contribution in [0.15, 0.2) is 0 Å².